The van der Waals surface area contributed by atoms with Crippen molar-refractivity contribution in [3.05, 3.63) is 71.8 Å². The minimum absolute atomic E-state index is 0.0171. The van der Waals surface area contributed by atoms with E-state index in [-0.39, 0.29) is 36.5 Å². The van der Waals surface area contributed by atoms with Crippen molar-refractivity contribution < 1.29 is 33.4 Å². The number of hydrogen-bond donors (Lipinski definition) is 4. The van der Waals surface area contributed by atoms with Gasteiger partial charge in [0.1, 0.15) is 23.7 Å². The summed E-state index contributed by atoms with van der Waals surface area (Å²) in [5.41, 5.74) is 0.915. The fourth-order valence-corrected chi connectivity index (χ4v) is 6.33. The Morgan fingerprint density at radius 2 is 1.19 bits per heavy atom. The average Bonchev–Trinajstić information content (AvgIpc) is 3.87. The number of rotatable bonds is 20. The van der Waals surface area contributed by atoms with Crippen molar-refractivity contribution in [1.82, 2.24) is 26.2 Å². The smallest absolute Gasteiger partial charge is 0.243 e. The Morgan fingerprint density at radius 1 is 0.692 bits per heavy atom. The third-order valence-electron chi connectivity index (χ3n) is 9.38. The number of Topliss-reactive ketones (excluding diaryl/α,β-unsaturated/α-hetero) is 1. The molecule has 2 aliphatic rings. The molecule has 0 saturated carbocycles. The van der Waals surface area contributed by atoms with Crippen LogP contribution < -0.4 is 21.3 Å². The maximum absolute atomic E-state index is 14.1. The zero-order valence-electron chi connectivity index (χ0n) is 31.3. The van der Waals surface area contributed by atoms with Gasteiger partial charge in [0.25, 0.3) is 0 Å². The maximum Gasteiger partial charge on any atom is 0.243 e. The Bertz CT molecular complexity index is 1480. The normalized spacial score (nSPS) is 19.6. The fraction of sp³-hybridized carbons (Fsp3) is 0.575. The number of carbonyl (C=O) groups is 5. The standard InChI is InChI=1S/C40H57N5O7/c1-27(2)22-32(36(47)40(5)26-52-40)42-39(50)34(24-30-14-10-7-11-15-30)44-38(49)33(23-28(3)4)43-37(48)31(17-16-29-12-8-6-9-13-29)41-35(46)25-45-18-20-51-21-19-45/h6-15,27-28,31-34H,16-26H2,1-5H3,(H,41,46)(H,42,50)(H,43,48)(H,44,49)/t31?,32?,33-,34-,40?/m0/s1. The largest absolute Gasteiger partial charge is 0.379 e. The molecule has 4 rings (SSSR count). The van der Waals surface area contributed by atoms with Crippen LogP contribution in [0.4, 0.5) is 0 Å². The van der Waals surface area contributed by atoms with E-state index in [9.17, 15) is 24.0 Å². The molecule has 0 radical (unpaired) electrons. The van der Waals surface area contributed by atoms with Crippen LogP contribution in [-0.4, -0.2) is 104 Å². The number of nitrogens with zero attached hydrogens (tertiary/aromatic N) is 1. The van der Waals surface area contributed by atoms with Gasteiger partial charge in [-0.3, -0.25) is 28.9 Å². The first kappa shape index (κ1) is 40.6. The lowest BCUT2D eigenvalue weighted by atomic mass is 9.93. The molecule has 0 aromatic heterocycles. The van der Waals surface area contributed by atoms with Gasteiger partial charge in [-0.2, -0.15) is 0 Å². The lowest BCUT2D eigenvalue weighted by Gasteiger charge is -2.29. The van der Waals surface area contributed by atoms with Crippen LogP contribution in [0.2, 0.25) is 0 Å². The molecule has 2 aromatic rings. The summed E-state index contributed by atoms with van der Waals surface area (Å²) >= 11 is 0. The minimum Gasteiger partial charge on any atom is -0.379 e. The Labute approximate surface area is 308 Å². The maximum atomic E-state index is 14.1. The molecule has 12 nitrogen and oxygen atoms in total. The topological polar surface area (TPSA) is 158 Å². The van der Waals surface area contributed by atoms with E-state index in [4.69, 9.17) is 9.47 Å². The number of ether oxygens (including phenoxy) is 2. The Kier molecular flexibility index (Phi) is 15.3. The van der Waals surface area contributed by atoms with Gasteiger partial charge in [-0.15, -0.1) is 0 Å². The number of ketones is 1. The van der Waals surface area contributed by atoms with Crippen molar-refractivity contribution >= 4 is 29.4 Å². The molecule has 4 N–H and O–H groups in total. The summed E-state index contributed by atoms with van der Waals surface area (Å²) < 4.78 is 10.8. The lowest BCUT2D eigenvalue weighted by molar-refractivity contribution is -0.135. The predicted molar refractivity (Wildman–Crippen MR) is 198 cm³/mol. The van der Waals surface area contributed by atoms with E-state index in [0.717, 1.165) is 11.1 Å². The molecule has 2 aromatic carbocycles. The summed E-state index contributed by atoms with van der Waals surface area (Å²) in [6.07, 6.45) is 1.76. The van der Waals surface area contributed by atoms with E-state index in [1.54, 1.807) is 6.92 Å². The molecule has 0 spiro atoms. The molecule has 52 heavy (non-hydrogen) atoms. The van der Waals surface area contributed by atoms with E-state index >= 15 is 0 Å². The molecule has 2 heterocycles. The number of amides is 4. The van der Waals surface area contributed by atoms with Gasteiger partial charge in [0.2, 0.25) is 23.6 Å². The summed E-state index contributed by atoms with van der Waals surface area (Å²) in [5, 5.41) is 11.7. The fourth-order valence-electron chi connectivity index (χ4n) is 6.33. The van der Waals surface area contributed by atoms with Crippen molar-refractivity contribution in [3.8, 4) is 0 Å². The third-order valence-corrected chi connectivity index (χ3v) is 9.38. The van der Waals surface area contributed by atoms with Gasteiger partial charge in [-0.25, -0.2) is 0 Å². The van der Waals surface area contributed by atoms with Crippen LogP contribution in [-0.2, 0) is 46.3 Å². The summed E-state index contributed by atoms with van der Waals surface area (Å²) in [7, 11) is 0. The number of nitrogens with one attached hydrogen (secondary N) is 4. The number of benzene rings is 2. The third kappa shape index (κ3) is 13.1. The van der Waals surface area contributed by atoms with Crippen molar-refractivity contribution in [2.75, 3.05) is 39.5 Å². The van der Waals surface area contributed by atoms with Crippen molar-refractivity contribution in [3.63, 3.8) is 0 Å². The second kappa shape index (κ2) is 19.6. The van der Waals surface area contributed by atoms with E-state index in [1.165, 1.54) is 0 Å². The first-order chi connectivity index (χ1) is 24.8. The number of hydrogen-bond acceptors (Lipinski definition) is 8. The lowest BCUT2D eigenvalue weighted by Crippen LogP contribution is -2.59. The number of aryl methyl sites for hydroxylation is 1. The van der Waals surface area contributed by atoms with Crippen molar-refractivity contribution in [1.29, 1.82) is 0 Å². The molecule has 2 aliphatic heterocycles. The number of carbonyl (C=O) groups excluding carboxylic acids is 5. The van der Waals surface area contributed by atoms with E-state index < -0.39 is 47.5 Å². The second-order valence-electron chi connectivity index (χ2n) is 15.0. The van der Waals surface area contributed by atoms with Crippen LogP contribution in [0.5, 0.6) is 0 Å². The van der Waals surface area contributed by atoms with E-state index in [1.807, 2.05) is 93.3 Å². The molecule has 2 fully saturated rings. The quantitative estimate of drug-likeness (QED) is 0.152. The van der Waals surface area contributed by atoms with Crippen molar-refractivity contribution in [2.45, 2.75) is 96.5 Å². The summed E-state index contributed by atoms with van der Waals surface area (Å²) in [4.78, 5) is 70.5. The Balaban J connectivity index is 1.51. The van der Waals surface area contributed by atoms with E-state index in [2.05, 4.69) is 21.3 Å². The summed E-state index contributed by atoms with van der Waals surface area (Å²) in [5.74, 6) is -1.83. The minimum atomic E-state index is -1.03. The summed E-state index contributed by atoms with van der Waals surface area (Å²) in [6.45, 7) is 12.3. The SMILES string of the molecule is CC(C)CC(NC(=O)[C@H](Cc1ccccc1)NC(=O)[C@H](CC(C)C)NC(=O)C(CCc1ccccc1)NC(=O)CN1CCOCC1)C(=O)C1(C)CO1. The molecule has 284 valence electrons. The van der Waals surface area contributed by atoms with Crippen LogP contribution in [0.25, 0.3) is 0 Å². The monoisotopic (exact) mass is 719 g/mol. The van der Waals surface area contributed by atoms with Crippen LogP contribution in [0.15, 0.2) is 60.7 Å². The highest BCUT2D eigenvalue weighted by atomic mass is 16.6. The first-order valence-corrected chi connectivity index (χ1v) is 18.6. The molecular formula is C40H57N5O7. The van der Waals surface area contributed by atoms with Gasteiger partial charge < -0.3 is 30.7 Å². The molecule has 4 amide bonds. The van der Waals surface area contributed by atoms with Crippen LogP contribution in [0.1, 0.15) is 65.0 Å². The van der Waals surface area contributed by atoms with Gasteiger partial charge >= 0.3 is 0 Å². The number of epoxide rings is 1. The molecule has 3 unspecified atom stereocenters. The van der Waals surface area contributed by atoms with Gasteiger partial charge in [0, 0.05) is 19.5 Å². The molecule has 0 aliphatic carbocycles. The Morgan fingerprint density at radius 3 is 1.77 bits per heavy atom. The van der Waals surface area contributed by atoms with Crippen LogP contribution >= 0.6 is 0 Å². The molecule has 5 atom stereocenters. The molecule has 0 bridgehead atoms. The van der Waals surface area contributed by atoms with Gasteiger partial charge in [0.05, 0.1) is 32.4 Å². The second-order valence-corrected chi connectivity index (χ2v) is 15.0. The van der Waals surface area contributed by atoms with Gasteiger partial charge in [0.15, 0.2) is 5.78 Å². The molecule has 2 saturated heterocycles. The highest BCUT2D eigenvalue weighted by molar-refractivity contribution is 5.98. The highest BCUT2D eigenvalue weighted by Gasteiger charge is 2.50. The van der Waals surface area contributed by atoms with Crippen molar-refractivity contribution in [2.24, 2.45) is 11.8 Å². The number of morpholine rings is 1. The highest BCUT2D eigenvalue weighted by Crippen LogP contribution is 2.29. The average molecular weight is 720 g/mol. The van der Waals surface area contributed by atoms with Crippen LogP contribution in [0.3, 0.4) is 0 Å². The van der Waals surface area contributed by atoms with E-state index in [0.29, 0.717) is 58.6 Å². The molecular weight excluding hydrogens is 662 g/mol. The molecule has 12 heteroatoms. The first-order valence-electron chi connectivity index (χ1n) is 18.6. The predicted octanol–water partition coefficient (Wildman–Crippen LogP) is 2.58. The van der Waals surface area contributed by atoms with Gasteiger partial charge in [-0.05, 0) is 55.6 Å². The zero-order chi connectivity index (χ0) is 37.7. The van der Waals surface area contributed by atoms with Gasteiger partial charge in [-0.1, -0.05) is 88.4 Å². The Hall–Kier alpha value is -4.13. The summed E-state index contributed by atoms with van der Waals surface area (Å²) in [6, 6.07) is 15.3. The zero-order valence-corrected chi connectivity index (χ0v) is 31.3. The van der Waals surface area contributed by atoms with Crippen LogP contribution in [0, 0.1) is 11.8 Å².